The molecular formula is C48H87N9O5. The van der Waals surface area contributed by atoms with Crippen molar-refractivity contribution < 1.29 is 24.0 Å². The molecule has 62 heavy (non-hydrogen) atoms. The molecule has 14 heteroatoms. The number of hydroxylamine groups is 6. The van der Waals surface area contributed by atoms with E-state index < -0.39 is 0 Å². The number of methoxy groups -OCH3 is 2. The average molecular weight is 870 g/mol. The molecule has 1 aromatic rings. The highest BCUT2D eigenvalue weighted by Gasteiger charge is 2.47. The molecule has 3 saturated carbocycles. The second-order valence-corrected chi connectivity index (χ2v) is 21.1. The van der Waals surface area contributed by atoms with Crippen molar-refractivity contribution in [1.29, 1.82) is 0 Å². The van der Waals surface area contributed by atoms with E-state index >= 15 is 0 Å². The fraction of sp³-hybridized carbons (Fsp3) is 0.938. The van der Waals surface area contributed by atoms with Crippen LogP contribution in [0.5, 0.6) is 0 Å². The molecule has 1 aromatic heterocycles. The first-order chi connectivity index (χ1) is 30.1. The molecule has 3 aliphatic heterocycles. The summed E-state index contributed by atoms with van der Waals surface area (Å²) in [5.41, 5.74) is 0.0278. The molecule has 6 aliphatic rings. The zero-order valence-electron chi connectivity index (χ0n) is 40.0. The van der Waals surface area contributed by atoms with Crippen molar-refractivity contribution in [3.05, 3.63) is 0 Å². The summed E-state index contributed by atoms with van der Waals surface area (Å²) in [5, 5.41) is 10.5. The fourth-order valence-corrected chi connectivity index (χ4v) is 11.9. The van der Waals surface area contributed by atoms with Crippen LogP contribution < -0.4 is 15.1 Å². The molecule has 0 bridgehead atoms. The van der Waals surface area contributed by atoms with Gasteiger partial charge in [-0.25, -0.2) is 0 Å². The highest BCUT2D eigenvalue weighted by molar-refractivity contribution is 5.46. The smallest absolute Gasteiger partial charge is 0.234 e. The molecule has 3 aliphatic carbocycles. The number of ether oxygens (including phenoxy) is 2. The maximum absolute atomic E-state index is 6.80. The lowest BCUT2D eigenvalue weighted by Gasteiger charge is -2.55. The molecule has 7 rings (SSSR count). The molecule has 0 amide bonds. The largest absolute Gasteiger partial charge is 0.364 e. The van der Waals surface area contributed by atoms with Crippen LogP contribution in [0.3, 0.4) is 0 Å². The predicted molar refractivity (Wildman–Crippen MR) is 247 cm³/mol. The van der Waals surface area contributed by atoms with E-state index in [1.165, 1.54) is 116 Å². The third-order valence-electron chi connectivity index (χ3n) is 14.9. The van der Waals surface area contributed by atoms with Gasteiger partial charge in [0.1, 0.15) is 13.5 Å². The van der Waals surface area contributed by atoms with Crippen molar-refractivity contribution in [2.24, 2.45) is 5.92 Å². The summed E-state index contributed by atoms with van der Waals surface area (Å²) in [5.74, 6) is 2.62. The molecule has 0 atom stereocenters. The summed E-state index contributed by atoms with van der Waals surface area (Å²) in [7, 11) is 3.54. The van der Waals surface area contributed by atoms with Gasteiger partial charge in [-0.05, 0) is 117 Å². The molecule has 354 valence electrons. The Morgan fingerprint density at radius 3 is 1.39 bits per heavy atom. The number of aromatic nitrogens is 3. The van der Waals surface area contributed by atoms with E-state index in [4.69, 9.17) is 38.9 Å². The van der Waals surface area contributed by atoms with E-state index in [2.05, 4.69) is 58.0 Å². The Labute approximate surface area is 375 Å². The first kappa shape index (κ1) is 48.0. The lowest BCUT2D eigenvalue weighted by atomic mass is 9.73. The molecule has 0 spiro atoms. The van der Waals surface area contributed by atoms with Crippen LogP contribution in [-0.2, 0) is 24.0 Å². The summed E-state index contributed by atoms with van der Waals surface area (Å²) in [6.07, 6.45) is 29.5. The van der Waals surface area contributed by atoms with E-state index in [1.807, 2.05) is 0 Å². The van der Waals surface area contributed by atoms with E-state index in [-0.39, 0.29) is 23.2 Å². The molecule has 0 unspecified atom stereocenters. The van der Waals surface area contributed by atoms with Gasteiger partial charge < -0.3 is 24.6 Å². The van der Waals surface area contributed by atoms with Gasteiger partial charge in [-0.15, -0.1) is 0 Å². The Morgan fingerprint density at radius 2 is 0.968 bits per heavy atom. The van der Waals surface area contributed by atoms with E-state index in [0.29, 0.717) is 55.5 Å². The summed E-state index contributed by atoms with van der Waals surface area (Å²) in [6, 6.07) is 0.460. The minimum absolute atomic E-state index is 0.0139. The van der Waals surface area contributed by atoms with Crippen LogP contribution in [0.4, 0.5) is 17.8 Å². The number of rotatable bonds is 20. The standard InChI is InChI=1S/C48H87N9O5/c1-47(2)34-38(35-48(3,4)57(47)62-43-23-14-9-15-24-43)18-16-17-29-49-44-50-45(55(36-58-5)39-25-30-53(31-26-39)60-41-19-10-7-11-20-41)52-46(51-44)56(37-59-6)40-27-32-54(33-28-40)61-42-21-12-8-13-22-42/h38-43H,7-37H2,1-6H3,(H,49,50,51,52). The Balaban J connectivity index is 0.999. The van der Waals surface area contributed by atoms with Gasteiger partial charge in [0.05, 0.1) is 18.3 Å². The van der Waals surface area contributed by atoms with Crippen molar-refractivity contribution in [2.45, 2.75) is 223 Å². The zero-order valence-corrected chi connectivity index (χ0v) is 40.0. The number of nitrogens with one attached hydrogen (secondary N) is 1. The van der Waals surface area contributed by atoms with Crippen molar-refractivity contribution >= 4 is 17.8 Å². The van der Waals surface area contributed by atoms with Gasteiger partial charge in [0, 0.05) is 70.1 Å². The van der Waals surface area contributed by atoms with Gasteiger partial charge in [0.25, 0.3) is 0 Å². The van der Waals surface area contributed by atoms with E-state index in [9.17, 15) is 0 Å². The number of anilines is 3. The van der Waals surface area contributed by atoms with Gasteiger partial charge in [0.2, 0.25) is 17.8 Å². The van der Waals surface area contributed by atoms with Gasteiger partial charge in [-0.1, -0.05) is 70.6 Å². The van der Waals surface area contributed by atoms with Crippen molar-refractivity contribution in [1.82, 2.24) is 30.1 Å². The molecule has 6 fully saturated rings. The Morgan fingerprint density at radius 1 is 0.548 bits per heavy atom. The number of unbranched alkanes of at least 4 members (excludes halogenated alkanes) is 1. The second kappa shape index (κ2) is 23.5. The summed E-state index contributed by atoms with van der Waals surface area (Å²) < 4.78 is 11.7. The maximum Gasteiger partial charge on any atom is 0.234 e. The molecule has 3 saturated heterocycles. The molecule has 0 aromatic carbocycles. The number of hydrogen-bond donors (Lipinski definition) is 1. The predicted octanol–water partition coefficient (Wildman–Crippen LogP) is 9.27. The number of piperidine rings is 3. The lowest BCUT2D eigenvalue weighted by Crippen LogP contribution is -2.61. The van der Waals surface area contributed by atoms with Crippen LogP contribution in [0.15, 0.2) is 0 Å². The van der Waals surface area contributed by atoms with Crippen LogP contribution in [-0.4, -0.2) is 132 Å². The van der Waals surface area contributed by atoms with Crippen LogP contribution in [0.1, 0.15) is 182 Å². The first-order valence-corrected chi connectivity index (χ1v) is 25.4. The third-order valence-corrected chi connectivity index (χ3v) is 14.9. The Kier molecular flexibility index (Phi) is 18.2. The van der Waals surface area contributed by atoms with Gasteiger partial charge in [-0.3, -0.25) is 14.5 Å². The zero-order chi connectivity index (χ0) is 43.4. The monoisotopic (exact) mass is 870 g/mol. The van der Waals surface area contributed by atoms with Crippen LogP contribution in [0.2, 0.25) is 0 Å². The second-order valence-electron chi connectivity index (χ2n) is 21.1. The molecule has 14 nitrogen and oxygen atoms in total. The quantitative estimate of drug-likeness (QED) is 0.0993. The average Bonchev–Trinajstić information content (AvgIpc) is 3.27. The van der Waals surface area contributed by atoms with Gasteiger partial charge >= 0.3 is 0 Å². The van der Waals surface area contributed by atoms with Crippen LogP contribution >= 0.6 is 0 Å². The van der Waals surface area contributed by atoms with Crippen molar-refractivity contribution in [3.8, 4) is 0 Å². The lowest BCUT2D eigenvalue weighted by molar-refractivity contribution is -0.314. The Hall–Kier alpha value is -1.91. The highest BCUT2D eigenvalue weighted by Crippen LogP contribution is 2.44. The van der Waals surface area contributed by atoms with Crippen molar-refractivity contribution in [3.63, 3.8) is 0 Å². The maximum atomic E-state index is 6.80. The molecule has 1 N–H and O–H groups in total. The van der Waals surface area contributed by atoms with Crippen molar-refractivity contribution in [2.75, 3.05) is 75.5 Å². The summed E-state index contributed by atoms with van der Waals surface area (Å²) in [6.45, 7) is 14.8. The first-order valence-electron chi connectivity index (χ1n) is 25.4. The number of hydrogen-bond acceptors (Lipinski definition) is 14. The van der Waals surface area contributed by atoms with E-state index in [1.54, 1.807) is 14.2 Å². The SMILES string of the molecule is COCN(c1nc(NCCCCC2CC(C)(C)N(OC3CCCCC3)C(C)(C)C2)nc(N(COC)C2CCN(OC3CCCCC3)CC2)n1)C1CCN(OC2CCCCC2)CC1. The fourth-order valence-electron chi connectivity index (χ4n) is 11.9. The molecule has 4 heterocycles. The van der Waals surface area contributed by atoms with Gasteiger partial charge in [-0.2, -0.15) is 30.1 Å². The van der Waals surface area contributed by atoms with E-state index in [0.717, 1.165) is 71.2 Å². The van der Waals surface area contributed by atoms with Crippen LogP contribution in [0.25, 0.3) is 0 Å². The number of nitrogens with zero attached hydrogens (tertiary/aromatic N) is 8. The van der Waals surface area contributed by atoms with Gasteiger partial charge in [0.15, 0.2) is 0 Å². The molecular weight excluding hydrogens is 783 g/mol. The summed E-state index contributed by atoms with van der Waals surface area (Å²) in [4.78, 5) is 39.8. The molecule has 0 radical (unpaired) electrons. The minimum Gasteiger partial charge on any atom is -0.364 e. The van der Waals surface area contributed by atoms with Crippen LogP contribution in [0, 0.1) is 5.92 Å². The third kappa shape index (κ3) is 13.6. The minimum atomic E-state index is 0.0139. The Bertz CT molecular complexity index is 1350. The highest BCUT2D eigenvalue weighted by atomic mass is 16.7. The topological polar surface area (TPSA) is 113 Å². The normalized spacial score (nSPS) is 25.0. The summed E-state index contributed by atoms with van der Waals surface area (Å²) >= 11 is 0.